The highest BCUT2D eigenvalue weighted by Gasteiger charge is 2.29. The van der Waals surface area contributed by atoms with Gasteiger partial charge in [0, 0.05) is 42.1 Å². The van der Waals surface area contributed by atoms with Crippen molar-refractivity contribution in [1.82, 2.24) is 9.88 Å². The lowest BCUT2D eigenvalue weighted by molar-refractivity contribution is -0.107. The molecular formula is C24H19BF2N4O2. The van der Waals surface area contributed by atoms with E-state index >= 15 is 8.78 Å². The van der Waals surface area contributed by atoms with E-state index in [1.54, 1.807) is 30.5 Å². The molecule has 0 spiro atoms. The minimum atomic E-state index is -0.935. The summed E-state index contributed by atoms with van der Waals surface area (Å²) in [6.07, 6.45) is 3.57. The SMILES string of the molecule is [B]C(C=O)c1ccc(-c2cc(F)c(CN3Cc4ncccc4C3=O)c(F)c2)c(C=NC)c1N. The molecule has 2 N–H and O–H groups in total. The maximum Gasteiger partial charge on any atom is 0.256 e. The third kappa shape index (κ3) is 4.02. The number of hydrogen-bond acceptors (Lipinski definition) is 5. The van der Waals surface area contributed by atoms with Gasteiger partial charge in [-0.3, -0.25) is 14.8 Å². The third-order valence-electron chi connectivity index (χ3n) is 5.63. The number of carbonyl (C=O) groups is 2. The number of hydrogen-bond donors (Lipinski definition) is 1. The van der Waals surface area contributed by atoms with Gasteiger partial charge in [0.2, 0.25) is 0 Å². The molecule has 2 heterocycles. The summed E-state index contributed by atoms with van der Waals surface area (Å²) in [4.78, 5) is 33.1. The molecule has 1 atom stereocenters. The van der Waals surface area contributed by atoms with Crippen molar-refractivity contribution in [3.8, 4) is 11.1 Å². The number of nitrogen functional groups attached to an aromatic ring is 1. The van der Waals surface area contributed by atoms with Crippen LogP contribution in [0.5, 0.6) is 0 Å². The van der Waals surface area contributed by atoms with E-state index in [-0.39, 0.29) is 35.8 Å². The van der Waals surface area contributed by atoms with Crippen LogP contribution in [-0.4, -0.2) is 43.2 Å². The van der Waals surface area contributed by atoms with E-state index in [1.807, 2.05) is 0 Å². The summed E-state index contributed by atoms with van der Waals surface area (Å²) in [7, 11) is 7.32. The van der Waals surface area contributed by atoms with Crippen molar-refractivity contribution in [2.75, 3.05) is 12.8 Å². The Labute approximate surface area is 190 Å². The number of aliphatic imine (C=N–C) groups is 1. The van der Waals surface area contributed by atoms with Gasteiger partial charge < -0.3 is 15.4 Å². The van der Waals surface area contributed by atoms with E-state index in [0.717, 1.165) is 0 Å². The van der Waals surface area contributed by atoms with Gasteiger partial charge >= 0.3 is 0 Å². The molecule has 0 saturated carbocycles. The van der Waals surface area contributed by atoms with E-state index < -0.39 is 17.5 Å². The van der Waals surface area contributed by atoms with Crippen LogP contribution in [0.15, 0.2) is 47.6 Å². The zero-order valence-corrected chi connectivity index (χ0v) is 17.8. The first-order valence-corrected chi connectivity index (χ1v) is 10.1. The van der Waals surface area contributed by atoms with Crippen molar-refractivity contribution in [3.63, 3.8) is 0 Å². The van der Waals surface area contributed by atoms with Gasteiger partial charge in [0.05, 0.1) is 32.2 Å². The first-order valence-electron chi connectivity index (χ1n) is 10.1. The van der Waals surface area contributed by atoms with Crippen molar-refractivity contribution >= 4 is 31.9 Å². The lowest BCUT2D eigenvalue weighted by Gasteiger charge is -2.18. The minimum Gasteiger partial charge on any atom is -0.398 e. The Morgan fingerprint density at radius 3 is 2.61 bits per heavy atom. The third-order valence-corrected chi connectivity index (χ3v) is 5.63. The van der Waals surface area contributed by atoms with Crippen LogP contribution in [0.3, 0.4) is 0 Å². The fourth-order valence-corrected chi connectivity index (χ4v) is 3.95. The van der Waals surface area contributed by atoms with Crippen molar-refractivity contribution in [2.45, 2.75) is 18.9 Å². The zero-order chi connectivity index (χ0) is 23.7. The lowest BCUT2D eigenvalue weighted by Crippen LogP contribution is -2.24. The molecule has 0 fully saturated rings. The smallest absolute Gasteiger partial charge is 0.256 e. The number of pyridine rings is 1. The van der Waals surface area contributed by atoms with Gasteiger partial charge in [0.1, 0.15) is 17.9 Å². The number of nitrogens with zero attached hydrogens (tertiary/aromatic N) is 3. The molecule has 0 bridgehead atoms. The predicted molar refractivity (Wildman–Crippen MR) is 122 cm³/mol. The maximum absolute atomic E-state index is 15.1. The van der Waals surface area contributed by atoms with Crippen LogP contribution in [0.2, 0.25) is 0 Å². The Morgan fingerprint density at radius 2 is 1.97 bits per heavy atom. The summed E-state index contributed by atoms with van der Waals surface area (Å²) >= 11 is 0. The van der Waals surface area contributed by atoms with E-state index in [2.05, 4.69) is 9.98 Å². The second-order valence-electron chi connectivity index (χ2n) is 7.66. The van der Waals surface area contributed by atoms with Gasteiger partial charge in [0.25, 0.3) is 5.91 Å². The maximum atomic E-state index is 15.1. The van der Waals surface area contributed by atoms with Gasteiger partial charge in [-0.1, -0.05) is 12.1 Å². The molecule has 0 aliphatic carbocycles. The topological polar surface area (TPSA) is 88.7 Å². The van der Waals surface area contributed by atoms with Gasteiger partial charge in [-0.15, -0.1) is 0 Å². The molecule has 2 radical (unpaired) electrons. The van der Waals surface area contributed by atoms with Crippen LogP contribution < -0.4 is 5.73 Å². The van der Waals surface area contributed by atoms with Crippen LogP contribution in [-0.2, 0) is 17.9 Å². The number of rotatable bonds is 6. The number of aromatic nitrogens is 1. The Kier molecular flexibility index (Phi) is 6.04. The number of aldehydes is 1. The first kappa shape index (κ1) is 22.3. The highest BCUT2D eigenvalue weighted by atomic mass is 19.1. The fourth-order valence-electron chi connectivity index (χ4n) is 3.95. The largest absolute Gasteiger partial charge is 0.398 e. The molecule has 9 heteroatoms. The number of fused-ring (bicyclic) bond motifs is 1. The zero-order valence-electron chi connectivity index (χ0n) is 17.8. The highest BCUT2D eigenvalue weighted by molar-refractivity contribution is 6.21. The van der Waals surface area contributed by atoms with Crippen LogP contribution in [0.25, 0.3) is 11.1 Å². The molecule has 1 aromatic heterocycles. The Morgan fingerprint density at radius 1 is 1.24 bits per heavy atom. The number of benzene rings is 2. The molecular weight excluding hydrogens is 425 g/mol. The molecule has 33 heavy (non-hydrogen) atoms. The molecule has 6 nitrogen and oxygen atoms in total. The fraction of sp³-hybridized carbons (Fsp3) is 0.167. The number of anilines is 1. The van der Waals surface area contributed by atoms with Gasteiger partial charge in [-0.2, -0.15) is 0 Å². The van der Waals surface area contributed by atoms with Crippen molar-refractivity contribution in [1.29, 1.82) is 0 Å². The van der Waals surface area contributed by atoms with E-state index in [1.165, 1.54) is 30.3 Å². The molecule has 0 saturated heterocycles. The Balaban J connectivity index is 1.70. The second kappa shape index (κ2) is 8.93. The van der Waals surface area contributed by atoms with Crippen molar-refractivity contribution < 1.29 is 18.4 Å². The van der Waals surface area contributed by atoms with E-state index in [9.17, 15) is 9.59 Å². The predicted octanol–water partition coefficient (Wildman–Crippen LogP) is 3.22. The molecule has 1 aliphatic rings. The summed E-state index contributed by atoms with van der Waals surface area (Å²) in [6, 6.07) is 8.80. The Bertz CT molecular complexity index is 1270. The average molecular weight is 444 g/mol. The Hall–Kier alpha value is -3.88. The number of amides is 1. The molecule has 164 valence electrons. The van der Waals surface area contributed by atoms with Crippen LogP contribution in [0, 0.1) is 11.6 Å². The monoisotopic (exact) mass is 444 g/mol. The molecule has 4 rings (SSSR count). The molecule has 2 aromatic carbocycles. The second-order valence-corrected chi connectivity index (χ2v) is 7.66. The highest BCUT2D eigenvalue weighted by Crippen LogP contribution is 2.34. The number of halogens is 2. The van der Waals surface area contributed by atoms with Gasteiger partial charge in [0.15, 0.2) is 0 Å². The van der Waals surface area contributed by atoms with E-state index in [0.29, 0.717) is 34.2 Å². The molecule has 3 aromatic rings. The standard InChI is InChI=1S/C24H19BF2N4O2/c1-29-9-17-14(4-5-15(23(17)28)19(25)12-32)13-7-20(26)18(21(27)8-13)10-31-11-22-16(24(31)33)3-2-6-30-22/h2-9,12,19H,10-11,28H2,1H3. The number of carbonyl (C=O) groups excluding carboxylic acids is 2. The lowest BCUT2D eigenvalue weighted by atomic mass is 9.79. The molecule has 1 unspecified atom stereocenters. The molecule has 1 aliphatic heterocycles. The average Bonchev–Trinajstić information content (AvgIpc) is 3.12. The van der Waals surface area contributed by atoms with Crippen LogP contribution in [0.1, 0.15) is 38.6 Å². The van der Waals surface area contributed by atoms with Crippen molar-refractivity contribution in [2.24, 2.45) is 4.99 Å². The van der Waals surface area contributed by atoms with Crippen LogP contribution in [0.4, 0.5) is 14.5 Å². The van der Waals surface area contributed by atoms with Gasteiger partial charge in [-0.25, -0.2) is 8.78 Å². The summed E-state index contributed by atoms with van der Waals surface area (Å²) < 4.78 is 30.1. The quantitative estimate of drug-likeness (QED) is 0.274. The minimum absolute atomic E-state index is 0.182. The van der Waals surface area contributed by atoms with Crippen LogP contribution >= 0.6 is 0 Å². The molecule has 1 amide bonds. The normalized spacial score (nSPS) is 14.0. The summed E-state index contributed by atoms with van der Waals surface area (Å²) in [5.41, 5.74) is 8.63. The number of nitrogens with two attached hydrogens (primary N) is 1. The summed E-state index contributed by atoms with van der Waals surface area (Å²) in [5.74, 6) is -2.85. The summed E-state index contributed by atoms with van der Waals surface area (Å²) in [6.45, 7) is -0.0482. The summed E-state index contributed by atoms with van der Waals surface area (Å²) in [5, 5.41) is 0. The van der Waals surface area contributed by atoms with Gasteiger partial charge in [-0.05, 0) is 41.0 Å². The van der Waals surface area contributed by atoms with Crippen molar-refractivity contribution in [3.05, 3.63) is 82.2 Å². The van der Waals surface area contributed by atoms with E-state index in [4.69, 9.17) is 13.6 Å². The first-order chi connectivity index (χ1) is 15.8.